The molecule has 0 aliphatic carbocycles. The number of rotatable bonds is 5. The molecule has 0 radical (unpaired) electrons. The minimum absolute atomic E-state index is 0.111. The molecule has 1 unspecified atom stereocenters. The molecule has 6 nitrogen and oxygen atoms in total. The number of piperidine rings is 1. The molecule has 0 amide bonds. The van der Waals surface area contributed by atoms with Gasteiger partial charge in [-0.25, -0.2) is 17.8 Å². The summed E-state index contributed by atoms with van der Waals surface area (Å²) >= 11 is 0. The number of pyridine rings is 1. The monoisotopic (exact) mass is 380 g/mol. The average Bonchev–Trinajstić information content (AvgIpc) is 2.65. The predicted octanol–water partition coefficient (Wildman–Crippen LogP) is 2.77. The van der Waals surface area contributed by atoms with Gasteiger partial charge < -0.3 is 9.47 Å². The third kappa shape index (κ3) is 3.96. The number of sulfonamides is 1. The number of aromatic nitrogens is 1. The van der Waals surface area contributed by atoms with Crippen molar-refractivity contribution in [3.63, 3.8) is 0 Å². The molecule has 2 aromatic rings. The highest BCUT2D eigenvalue weighted by atomic mass is 32.2. The maximum absolute atomic E-state index is 13.7. The van der Waals surface area contributed by atoms with Crippen LogP contribution >= 0.6 is 0 Å². The molecule has 8 heteroatoms. The fraction of sp³-hybridized carbons (Fsp3) is 0.389. The van der Waals surface area contributed by atoms with Crippen LogP contribution in [0.5, 0.6) is 11.6 Å². The number of ether oxygens (including phenoxy) is 2. The normalized spacial score (nSPS) is 18.5. The standard InChI is InChI=1S/C18H21FN2O4S/c1-13-5-6-14(10-17(13)19)25-15-4-3-9-21(12-15)26(22,23)16-7-8-18(24-2)20-11-16/h5-8,10-11,15H,3-4,9,12H2,1-2H3. The zero-order valence-electron chi connectivity index (χ0n) is 14.7. The second kappa shape index (κ2) is 7.59. The second-order valence-corrected chi connectivity index (χ2v) is 8.13. The molecule has 3 rings (SSSR count). The molecular weight excluding hydrogens is 359 g/mol. The first kappa shape index (κ1) is 18.6. The summed E-state index contributed by atoms with van der Waals surface area (Å²) in [6.07, 6.45) is 2.34. The van der Waals surface area contributed by atoms with E-state index in [9.17, 15) is 12.8 Å². The summed E-state index contributed by atoms with van der Waals surface area (Å²) in [5, 5.41) is 0. The Morgan fingerprint density at radius 3 is 2.73 bits per heavy atom. The van der Waals surface area contributed by atoms with E-state index in [-0.39, 0.29) is 23.4 Å². The summed E-state index contributed by atoms with van der Waals surface area (Å²) in [5.41, 5.74) is 0.539. The fourth-order valence-corrected chi connectivity index (χ4v) is 4.30. The number of benzene rings is 1. The molecule has 0 N–H and O–H groups in total. The van der Waals surface area contributed by atoms with Gasteiger partial charge in [0.1, 0.15) is 22.6 Å². The number of halogens is 1. The van der Waals surface area contributed by atoms with Crippen LogP contribution in [0.3, 0.4) is 0 Å². The van der Waals surface area contributed by atoms with Crippen LogP contribution < -0.4 is 9.47 Å². The maximum Gasteiger partial charge on any atom is 0.244 e. The van der Waals surface area contributed by atoms with Crippen LogP contribution in [0.25, 0.3) is 0 Å². The van der Waals surface area contributed by atoms with Crippen LogP contribution in [0, 0.1) is 12.7 Å². The van der Waals surface area contributed by atoms with E-state index < -0.39 is 10.0 Å². The lowest BCUT2D eigenvalue weighted by atomic mass is 10.1. The van der Waals surface area contributed by atoms with Gasteiger partial charge in [-0.2, -0.15) is 4.31 Å². The topological polar surface area (TPSA) is 68.7 Å². The van der Waals surface area contributed by atoms with Crippen molar-refractivity contribution in [3.8, 4) is 11.6 Å². The van der Waals surface area contributed by atoms with Gasteiger partial charge in [-0.05, 0) is 37.5 Å². The highest BCUT2D eigenvalue weighted by Crippen LogP contribution is 2.25. The first-order valence-electron chi connectivity index (χ1n) is 8.33. The molecule has 2 heterocycles. The Kier molecular flexibility index (Phi) is 5.43. The Labute approximate surface area is 152 Å². The largest absolute Gasteiger partial charge is 0.489 e. The van der Waals surface area contributed by atoms with Gasteiger partial charge in [0.15, 0.2) is 0 Å². The maximum atomic E-state index is 13.7. The molecule has 1 fully saturated rings. The van der Waals surface area contributed by atoms with Crippen molar-refractivity contribution >= 4 is 10.0 Å². The zero-order chi connectivity index (χ0) is 18.7. The number of hydrogen-bond donors (Lipinski definition) is 0. The molecule has 0 bridgehead atoms. The average molecular weight is 380 g/mol. The summed E-state index contributed by atoms with van der Waals surface area (Å²) in [5.74, 6) is 0.417. The van der Waals surface area contributed by atoms with Gasteiger partial charge in [-0.3, -0.25) is 0 Å². The van der Waals surface area contributed by atoms with Gasteiger partial charge in [-0.1, -0.05) is 6.07 Å². The second-order valence-electron chi connectivity index (χ2n) is 6.19. The van der Waals surface area contributed by atoms with Crippen molar-refractivity contribution in [1.29, 1.82) is 0 Å². The molecule has 0 spiro atoms. The third-order valence-corrected chi connectivity index (χ3v) is 6.19. The van der Waals surface area contributed by atoms with Gasteiger partial charge in [-0.15, -0.1) is 0 Å². The summed E-state index contributed by atoms with van der Waals surface area (Å²) in [7, 11) is -2.20. The summed E-state index contributed by atoms with van der Waals surface area (Å²) in [6, 6.07) is 7.65. The van der Waals surface area contributed by atoms with Crippen molar-refractivity contribution in [2.24, 2.45) is 0 Å². The highest BCUT2D eigenvalue weighted by Gasteiger charge is 2.31. The Morgan fingerprint density at radius 1 is 1.27 bits per heavy atom. The van der Waals surface area contributed by atoms with Crippen molar-refractivity contribution in [2.75, 3.05) is 20.2 Å². The van der Waals surface area contributed by atoms with Crippen molar-refractivity contribution in [2.45, 2.75) is 30.8 Å². The van der Waals surface area contributed by atoms with E-state index in [0.29, 0.717) is 36.6 Å². The van der Waals surface area contributed by atoms with E-state index in [2.05, 4.69) is 4.98 Å². The predicted molar refractivity (Wildman–Crippen MR) is 94.3 cm³/mol. The summed E-state index contributed by atoms with van der Waals surface area (Å²) in [4.78, 5) is 4.07. The van der Waals surface area contributed by atoms with Crippen molar-refractivity contribution < 1.29 is 22.3 Å². The van der Waals surface area contributed by atoms with Gasteiger partial charge >= 0.3 is 0 Å². The van der Waals surface area contributed by atoms with Gasteiger partial charge in [0, 0.05) is 18.7 Å². The number of nitrogens with zero attached hydrogens (tertiary/aromatic N) is 2. The Balaban J connectivity index is 1.73. The Morgan fingerprint density at radius 2 is 2.08 bits per heavy atom. The van der Waals surface area contributed by atoms with E-state index in [4.69, 9.17) is 9.47 Å². The molecule has 1 aliphatic heterocycles. The molecule has 1 saturated heterocycles. The SMILES string of the molecule is COc1ccc(S(=O)(=O)N2CCCC(Oc3ccc(C)c(F)c3)C2)cn1. The molecule has 0 saturated carbocycles. The highest BCUT2D eigenvalue weighted by molar-refractivity contribution is 7.89. The van der Waals surface area contributed by atoms with Crippen molar-refractivity contribution in [1.82, 2.24) is 9.29 Å². The van der Waals surface area contributed by atoms with E-state index in [0.717, 1.165) is 0 Å². The lowest BCUT2D eigenvalue weighted by Crippen LogP contribution is -2.44. The summed E-state index contributed by atoms with van der Waals surface area (Å²) in [6.45, 7) is 2.30. The Bertz CT molecular complexity index is 871. The molecule has 1 aliphatic rings. The lowest BCUT2D eigenvalue weighted by Gasteiger charge is -2.32. The van der Waals surface area contributed by atoms with Gasteiger partial charge in [0.25, 0.3) is 0 Å². The molecule has 1 aromatic heterocycles. The first-order valence-corrected chi connectivity index (χ1v) is 9.77. The summed E-state index contributed by atoms with van der Waals surface area (Å²) < 4.78 is 51.5. The van der Waals surface area contributed by atoms with E-state index in [1.165, 1.54) is 35.8 Å². The first-order chi connectivity index (χ1) is 12.4. The molecule has 1 aromatic carbocycles. The fourth-order valence-electron chi connectivity index (χ4n) is 2.85. The molecule has 140 valence electrons. The third-order valence-electron chi connectivity index (χ3n) is 4.34. The van der Waals surface area contributed by atoms with Crippen LogP contribution in [-0.2, 0) is 10.0 Å². The van der Waals surface area contributed by atoms with Crippen LogP contribution in [0.1, 0.15) is 18.4 Å². The van der Waals surface area contributed by atoms with Crippen LogP contribution in [0.4, 0.5) is 4.39 Å². The Hall–Kier alpha value is -2.19. The van der Waals surface area contributed by atoms with Crippen LogP contribution in [0.15, 0.2) is 41.4 Å². The number of hydrogen-bond acceptors (Lipinski definition) is 5. The minimum atomic E-state index is -3.67. The molecule has 26 heavy (non-hydrogen) atoms. The van der Waals surface area contributed by atoms with E-state index in [1.54, 1.807) is 19.1 Å². The zero-order valence-corrected chi connectivity index (χ0v) is 15.5. The lowest BCUT2D eigenvalue weighted by molar-refractivity contribution is 0.129. The molecular formula is C18H21FN2O4S. The quantitative estimate of drug-likeness (QED) is 0.798. The van der Waals surface area contributed by atoms with Crippen LogP contribution in [0.2, 0.25) is 0 Å². The van der Waals surface area contributed by atoms with E-state index in [1.807, 2.05) is 0 Å². The minimum Gasteiger partial charge on any atom is -0.489 e. The molecule has 1 atom stereocenters. The number of methoxy groups -OCH3 is 1. The smallest absolute Gasteiger partial charge is 0.244 e. The van der Waals surface area contributed by atoms with Crippen molar-refractivity contribution in [3.05, 3.63) is 47.9 Å². The van der Waals surface area contributed by atoms with Gasteiger partial charge in [0.05, 0.1) is 19.9 Å². The van der Waals surface area contributed by atoms with Crippen LogP contribution in [-0.4, -0.2) is 44.0 Å². The number of aryl methyl sites for hydroxylation is 1. The van der Waals surface area contributed by atoms with E-state index >= 15 is 0 Å². The van der Waals surface area contributed by atoms with Gasteiger partial charge in [0.2, 0.25) is 15.9 Å².